The number of aromatic nitrogens is 2. The molecule has 0 spiro atoms. The molecule has 1 saturated heterocycles. The molecule has 4 heterocycles. The van der Waals surface area contributed by atoms with Crippen LogP contribution in [0.25, 0.3) is 11.2 Å². The second-order valence-corrected chi connectivity index (χ2v) is 10.8. The summed E-state index contributed by atoms with van der Waals surface area (Å²) in [7, 11) is 1.66. The highest BCUT2D eigenvalue weighted by molar-refractivity contribution is 5.58. The van der Waals surface area contributed by atoms with E-state index in [-0.39, 0.29) is 23.9 Å². The van der Waals surface area contributed by atoms with E-state index in [9.17, 15) is 26.7 Å². The third kappa shape index (κ3) is 4.54. The lowest BCUT2D eigenvalue weighted by molar-refractivity contribution is -0.492. The van der Waals surface area contributed by atoms with Crippen LogP contribution in [0.3, 0.4) is 0 Å². The van der Waals surface area contributed by atoms with Gasteiger partial charge < -0.3 is 4.74 Å². The third-order valence-corrected chi connectivity index (χ3v) is 7.80. The van der Waals surface area contributed by atoms with Crippen LogP contribution in [0.4, 0.5) is 22.0 Å². The molecule has 3 aromatic rings. The Labute approximate surface area is 226 Å². The van der Waals surface area contributed by atoms with E-state index in [4.69, 9.17) is 4.74 Å². The Bertz CT molecular complexity index is 1580. The largest absolute Gasteiger partial charge is 0.418 e. The number of halogens is 5. The van der Waals surface area contributed by atoms with Gasteiger partial charge in [0.05, 0.1) is 47.1 Å². The molecule has 1 radical (unpaired) electrons. The van der Waals surface area contributed by atoms with Crippen LogP contribution in [0, 0.1) is 6.17 Å². The van der Waals surface area contributed by atoms with Crippen LogP contribution in [0.1, 0.15) is 36.5 Å². The lowest BCUT2D eigenvalue weighted by Gasteiger charge is -2.47. The number of fused-ring (bicyclic) bond motifs is 1. The summed E-state index contributed by atoms with van der Waals surface area (Å²) in [5.74, 6) is -2.90. The van der Waals surface area contributed by atoms with Crippen molar-refractivity contribution in [3.05, 3.63) is 76.1 Å². The van der Waals surface area contributed by atoms with E-state index in [0.29, 0.717) is 37.0 Å². The van der Waals surface area contributed by atoms with Gasteiger partial charge in [0.1, 0.15) is 0 Å². The first-order valence-electron chi connectivity index (χ1n) is 12.9. The lowest BCUT2D eigenvalue weighted by atomic mass is 9.60. The number of pyridine rings is 1. The van der Waals surface area contributed by atoms with Crippen LogP contribution < -0.4 is 5.69 Å². The predicted octanol–water partition coefficient (Wildman–Crippen LogP) is 4.62. The maximum absolute atomic E-state index is 14.2. The summed E-state index contributed by atoms with van der Waals surface area (Å²) in [5.41, 5.74) is -1.96. The molecule has 0 N–H and O–H groups in total. The molecule has 3 aliphatic rings. The lowest BCUT2D eigenvalue weighted by Crippen LogP contribution is -2.54. The summed E-state index contributed by atoms with van der Waals surface area (Å²) in [6.07, 6.45) is -1.38. The SMILES string of the molecule is C[C@@H]1CN(Cc2cc(C(F)(F)F)c3cn(-c4cccc(C5([C]6N=NC=[N+]6C)CC(F)(F)C5)c4)c(=O)n3c2)CCO1. The quantitative estimate of drug-likeness (QED) is 0.337. The van der Waals surface area contributed by atoms with Crippen molar-refractivity contribution < 1.29 is 31.3 Å². The van der Waals surface area contributed by atoms with Gasteiger partial charge in [-0.3, -0.25) is 13.9 Å². The van der Waals surface area contributed by atoms with Crippen LogP contribution >= 0.6 is 0 Å². The first kappa shape index (κ1) is 26.8. The number of likely N-dealkylation sites (N-methyl/N-ethyl adjacent to an activating group) is 1. The number of ether oxygens (including phenoxy) is 1. The number of azo groups is 1. The first-order valence-corrected chi connectivity index (χ1v) is 12.9. The highest BCUT2D eigenvalue weighted by atomic mass is 19.4. The summed E-state index contributed by atoms with van der Waals surface area (Å²) >= 11 is 0. The van der Waals surface area contributed by atoms with Crippen molar-refractivity contribution in [1.82, 2.24) is 13.9 Å². The summed E-state index contributed by atoms with van der Waals surface area (Å²) in [5, 5.41) is 7.92. The van der Waals surface area contributed by atoms with Crippen molar-refractivity contribution in [3.63, 3.8) is 0 Å². The molecule has 2 fully saturated rings. The zero-order valence-corrected chi connectivity index (χ0v) is 21.8. The fourth-order valence-electron chi connectivity index (χ4n) is 6.03. The smallest absolute Gasteiger partial charge is 0.376 e. The van der Waals surface area contributed by atoms with Gasteiger partial charge in [-0.2, -0.15) is 13.2 Å². The van der Waals surface area contributed by atoms with Crippen molar-refractivity contribution in [2.24, 2.45) is 10.2 Å². The summed E-state index contributed by atoms with van der Waals surface area (Å²) in [6, 6.07) is 7.47. The molecule has 1 atom stereocenters. The van der Waals surface area contributed by atoms with E-state index in [2.05, 4.69) is 10.2 Å². The van der Waals surface area contributed by atoms with E-state index in [1.54, 1.807) is 35.9 Å². The molecule has 211 valence electrons. The maximum atomic E-state index is 14.2. The molecule has 2 aromatic heterocycles. The van der Waals surface area contributed by atoms with E-state index in [0.717, 1.165) is 21.2 Å². The van der Waals surface area contributed by atoms with Gasteiger partial charge in [0.15, 0.2) is 0 Å². The zero-order valence-electron chi connectivity index (χ0n) is 21.8. The van der Waals surface area contributed by atoms with Gasteiger partial charge in [0, 0.05) is 44.9 Å². The van der Waals surface area contributed by atoms with E-state index in [1.807, 2.05) is 11.8 Å². The van der Waals surface area contributed by atoms with Gasteiger partial charge in [0.2, 0.25) is 5.92 Å². The summed E-state index contributed by atoms with van der Waals surface area (Å²) < 4.78 is 80.2. The van der Waals surface area contributed by atoms with Gasteiger partial charge in [-0.05, 0) is 41.4 Å². The minimum atomic E-state index is -4.70. The van der Waals surface area contributed by atoms with Crippen LogP contribution in [0.5, 0.6) is 0 Å². The molecule has 1 aromatic carbocycles. The first-order chi connectivity index (χ1) is 18.9. The summed E-state index contributed by atoms with van der Waals surface area (Å²) in [4.78, 5) is 15.5. The average molecular weight is 563 g/mol. The number of morpholine rings is 1. The third-order valence-electron chi connectivity index (χ3n) is 7.80. The van der Waals surface area contributed by atoms with Gasteiger partial charge in [-0.1, -0.05) is 12.1 Å². The van der Waals surface area contributed by atoms with Gasteiger partial charge in [-0.15, -0.1) is 0 Å². The second kappa shape index (κ2) is 9.30. The molecule has 40 heavy (non-hydrogen) atoms. The molecule has 0 unspecified atom stereocenters. The Morgan fingerprint density at radius 3 is 2.60 bits per heavy atom. The molecular formula is C27H27F5N6O2+. The van der Waals surface area contributed by atoms with E-state index >= 15 is 0 Å². The standard InChI is InChI=1S/C27H27F5N6O2/c1-17-10-36(6-7-40-17)11-18-8-21(27(30,31)32)22-13-37(24(39)38(22)12-18)20-5-3-4-19(9-20)25(14-26(28,29)15-25)23-34-33-16-35(23)2/h3-5,8-9,12-13,16-17H,6-7,10-11,14-15H2,1-2H3/q+1/t17-/m1/s1. The highest BCUT2D eigenvalue weighted by Gasteiger charge is 2.65. The maximum Gasteiger partial charge on any atom is 0.418 e. The van der Waals surface area contributed by atoms with Crippen LogP contribution in [-0.4, -0.2) is 63.6 Å². The van der Waals surface area contributed by atoms with Crippen LogP contribution in [-0.2, 0) is 22.9 Å². The number of hydrogen-bond acceptors (Lipinski definition) is 5. The molecular weight excluding hydrogens is 535 g/mol. The van der Waals surface area contributed by atoms with Crippen molar-refractivity contribution in [1.29, 1.82) is 0 Å². The minimum Gasteiger partial charge on any atom is -0.376 e. The average Bonchev–Trinajstić information content (AvgIpc) is 3.44. The second-order valence-electron chi connectivity index (χ2n) is 10.8. The van der Waals surface area contributed by atoms with Crippen molar-refractivity contribution >= 4 is 11.9 Å². The topological polar surface area (TPSA) is 66.6 Å². The molecule has 1 saturated carbocycles. The Balaban J connectivity index is 1.43. The van der Waals surface area contributed by atoms with E-state index < -0.39 is 41.6 Å². The number of hydrogen-bond donors (Lipinski definition) is 0. The molecule has 13 heteroatoms. The molecule has 8 nitrogen and oxygen atoms in total. The van der Waals surface area contributed by atoms with Crippen molar-refractivity contribution in [3.8, 4) is 5.69 Å². The normalized spacial score (nSPS) is 23.0. The number of nitrogens with zero attached hydrogens (tertiary/aromatic N) is 6. The molecule has 6 rings (SSSR count). The van der Waals surface area contributed by atoms with Gasteiger partial charge >= 0.3 is 24.4 Å². The number of benzene rings is 1. The molecule has 0 amide bonds. The fraction of sp³-hybridized carbons (Fsp3) is 0.444. The molecule has 2 aliphatic heterocycles. The van der Waals surface area contributed by atoms with Crippen molar-refractivity contribution in [2.75, 3.05) is 26.7 Å². The minimum absolute atomic E-state index is 0.0453. The van der Waals surface area contributed by atoms with Gasteiger partial charge in [-0.25, -0.2) is 18.2 Å². The number of rotatable bonds is 5. The highest BCUT2D eigenvalue weighted by Crippen LogP contribution is 2.59. The predicted molar refractivity (Wildman–Crippen MR) is 135 cm³/mol. The number of alkyl halides is 5. The Kier molecular flexibility index (Phi) is 6.22. The Hall–Kier alpha value is -3.45. The Morgan fingerprint density at radius 1 is 1.18 bits per heavy atom. The number of imidazole rings is 1. The molecule has 1 aliphatic carbocycles. The van der Waals surface area contributed by atoms with Crippen LogP contribution in [0.2, 0.25) is 0 Å². The fourth-order valence-corrected chi connectivity index (χ4v) is 6.03. The molecule has 0 bridgehead atoms. The monoisotopic (exact) mass is 562 g/mol. The Morgan fingerprint density at radius 2 is 1.95 bits per heavy atom. The van der Waals surface area contributed by atoms with Crippen molar-refractivity contribution in [2.45, 2.75) is 49.9 Å². The summed E-state index contributed by atoms with van der Waals surface area (Å²) in [6.45, 7) is 3.74. The van der Waals surface area contributed by atoms with Gasteiger partial charge in [0.25, 0.3) is 0 Å². The zero-order chi connectivity index (χ0) is 28.4. The van der Waals surface area contributed by atoms with Crippen LogP contribution in [0.15, 0.2) is 57.7 Å². The van der Waals surface area contributed by atoms with E-state index in [1.165, 1.54) is 12.5 Å².